The lowest BCUT2D eigenvalue weighted by molar-refractivity contribution is 0.101. The Morgan fingerprint density at radius 1 is 1.38 bits per heavy atom. The molecule has 2 rings (SSSR count). The van der Waals surface area contributed by atoms with Crippen LogP contribution in [0.15, 0.2) is 28.9 Å². The number of ketones is 1. The summed E-state index contributed by atoms with van der Waals surface area (Å²) in [5, 5.41) is 1.69. The van der Waals surface area contributed by atoms with Crippen LogP contribution >= 0.6 is 0 Å². The molecule has 3 nitrogen and oxygen atoms in total. The van der Waals surface area contributed by atoms with E-state index in [1.165, 1.54) is 6.92 Å². The Balaban J connectivity index is 2.70. The molecule has 0 aliphatic rings. The first-order valence-corrected chi connectivity index (χ1v) is 8.09. The van der Waals surface area contributed by atoms with Crippen molar-refractivity contribution in [3.8, 4) is 0 Å². The Morgan fingerprint density at radius 3 is 2.62 bits per heavy atom. The third-order valence-electron chi connectivity index (χ3n) is 2.64. The topological polar surface area (TPSA) is 50.4 Å². The lowest BCUT2D eigenvalue weighted by Crippen LogP contribution is -2.40. The van der Waals surface area contributed by atoms with Crippen molar-refractivity contribution in [3.63, 3.8) is 0 Å². The minimum Gasteiger partial charge on any atom is -0.464 e. The van der Waals surface area contributed by atoms with Gasteiger partial charge in [0.25, 0.3) is 0 Å². The van der Waals surface area contributed by atoms with Crippen molar-refractivity contribution in [2.24, 2.45) is 0 Å². The van der Waals surface area contributed by atoms with Crippen molar-refractivity contribution < 1.29 is 14.0 Å². The van der Waals surface area contributed by atoms with Crippen LogP contribution in [0.4, 0.5) is 0 Å². The van der Waals surface area contributed by atoms with Crippen molar-refractivity contribution in [1.82, 2.24) is 0 Å². The molecule has 2 aromatic rings. The van der Waals surface area contributed by atoms with Crippen molar-refractivity contribution in [3.05, 3.63) is 30.0 Å². The number of fused-ring (bicyclic) bond motifs is 1. The van der Waals surface area contributed by atoms with Gasteiger partial charge in [0.05, 0.1) is 6.26 Å². The highest BCUT2D eigenvalue weighted by molar-refractivity contribution is 6.85. The molecule has 0 spiro atoms. The summed E-state index contributed by atoms with van der Waals surface area (Å²) in [5.41, 5.74) is 1.36. The minimum atomic E-state index is -2.41. The smallest absolute Gasteiger partial charge is 0.217 e. The van der Waals surface area contributed by atoms with Crippen molar-refractivity contribution in [1.29, 1.82) is 0 Å². The molecule has 1 aromatic heterocycles. The lowest BCUT2D eigenvalue weighted by Gasteiger charge is -2.11. The largest absolute Gasteiger partial charge is 0.464 e. The fourth-order valence-electron chi connectivity index (χ4n) is 1.72. The van der Waals surface area contributed by atoms with Crippen LogP contribution in [-0.4, -0.2) is 18.9 Å². The third kappa shape index (κ3) is 1.81. The van der Waals surface area contributed by atoms with Crippen LogP contribution in [0.25, 0.3) is 11.0 Å². The molecule has 84 valence electrons. The Labute approximate surface area is 94.8 Å². The molecule has 0 bridgehead atoms. The summed E-state index contributed by atoms with van der Waals surface area (Å²) < 4.78 is 5.37. The van der Waals surface area contributed by atoms with E-state index in [4.69, 9.17) is 4.42 Å². The molecule has 4 heteroatoms. The quantitative estimate of drug-likeness (QED) is 0.639. The maximum atomic E-state index is 11.3. The zero-order valence-corrected chi connectivity index (χ0v) is 10.6. The number of Topliss-reactive ketones (excluding diaryl/α,β-unsaturated/α-hetero) is 1. The van der Waals surface area contributed by atoms with Crippen LogP contribution < -0.4 is 5.19 Å². The van der Waals surface area contributed by atoms with Gasteiger partial charge in [-0.1, -0.05) is 0 Å². The highest BCUT2D eigenvalue weighted by Gasteiger charge is 2.25. The number of furan rings is 1. The van der Waals surface area contributed by atoms with Gasteiger partial charge in [-0.2, -0.15) is 0 Å². The average molecular weight is 234 g/mol. The van der Waals surface area contributed by atoms with Gasteiger partial charge in [0.15, 0.2) is 5.78 Å². The zero-order valence-electron chi connectivity index (χ0n) is 9.57. The molecular formula is C12H14O3Si. The summed E-state index contributed by atoms with van der Waals surface area (Å²) in [7, 11) is -2.41. The molecule has 0 amide bonds. The Bertz CT molecular complexity index is 549. The van der Waals surface area contributed by atoms with E-state index in [0.29, 0.717) is 5.56 Å². The number of hydrogen-bond donors (Lipinski definition) is 1. The second kappa shape index (κ2) is 3.57. The predicted molar refractivity (Wildman–Crippen MR) is 65.6 cm³/mol. The van der Waals surface area contributed by atoms with Gasteiger partial charge in [-0.05, 0) is 38.2 Å². The van der Waals surface area contributed by atoms with E-state index >= 15 is 0 Å². The molecule has 16 heavy (non-hydrogen) atoms. The van der Waals surface area contributed by atoms with Gasteiger partial charge >= 0.3 is 0 Å². The summed E-state index contributed by atoms with van der Waals surface area (Å²) in [5.74, 6) is 0.0199. The van der Waals surface area contributed by atoms with E-state index in [1.54, 1.807) is 24.5 Å². The molecule has 1 N–H and O–H groups in total. The molecule has 0 unspecified atom stereocenters. The molecular weight excluding hydrogens is 220 g/mol. The van der Waals surface area contributed by atoms with Crippen LogP contribution in [0.2, 0.25) is 13.1 Å². The SMILES string of the molecule is CC(=O)c1ccc2occ([Si](C)(C)O)c2c1. The van der Waals surface area contributed by atoms with Gasteiger partial charge < -0.3 is 9.21 Å². The normalized spacial score (nSPS) is 12.0. The Hall–Kier alpha value is -1.39. The first-order valence-electron chi connectivity index (χ1n) is 5.14. The summed E-state index contributed by atoms with van der Waals surface area (Å²) in [6, 6.07) is 5.31. The maximum absolute atomic E-state index is 11.3. The Morgan fingerprint density at radius 2 is 2.06 bits per heavy atom. The van der Waals surface area contributed by atoms with Gasteiger partial charge in [0.2, 0.25) is 8.32 Å². The van der Waals surface area contributed by atoms with Crippen LogP contribution in [0.5, 0.6) is 0 Å². The van der Waals surface area contributed by atoms with E-state index in [0.717, 1.165) is 16.2 Å². The summed E-state index contributed by atoms with van der Waals surface area (Å²) in [6.07, 6.45) is 1.60. The molecule has 0 aliphatic carbocycles. The van der Waals surface area contributed by atoms with Crippen LogP contribution in [0.1, 0.15) is 17.3 Å². The van der Waals surface area contributed by atoms with Crippen molar-refractivity contribution in [2.45, 2.75) is 20.0 Å². The summed E-state index contributed by atoms with van der Waals surface area (Å²) in [4.78, 5) is 21.4. The van der Waals surface area contributed by atoms with Gasteiger partial charge in [-0.25, -0.2) is 0 Å². The van der Waals surface area contributed by atoms with Gasteiger partial charge in [-0.3, -0.25) is 4.79 Å². The van der Waals surface area contributed by atoms with Gasteiger partial charge in [-0.15, -0.1) is 0 Å². The molecule has 0 saturated heterocycles. The van der Waals surface area contributed by atoms with E-state index in [2.05, 4.69) is 0 Å². The van der Waals surface area contributed by atoms with E-state index in [-0.39, 0.29) is 5.78 Å². The van der Waals surface area contributed by atoms with Gasteiger partial charge in [0.1, 0.15) is 5.58 Å². The first kappa shape index (κ1) is 11.1. The van der Waals surface area contributed by atoms with Crippen LogP contribution in [0.3, 0.4) is 0 Å². The minimum absolute atomic E-state index is 0.0199. The number of benzene rings is 1. The summed E-state index contributed by atoms with van der Waals surface area (Å²) in [6.45, 7) is 5.19. The number of carbonyl (C=O) groups is 1. The highest BCUT2D eigenvalue weighted by atomic mass is 28.4. The zero-order chi connectivity index (χ0) is 11.9. The monoisotopic (exact) mass is 234 g/mol. The predicted octanol–water partition coefficient (Wildman–Crippen LogP) is 2.04. The third-order valence-corrected chi connectivity index (χ3v) is 4.34. The lowest BCUT2D eigenvalue weighted by atomic mass is 10.1. The van der Waals surface area contributed by atoms with Crippen LogP contribution in [0, 0.1) is 0 Å². The van der Waals surface area contributed by atoms with E-state index in [9.17, 15) is 9.59 Å². The molecule has 1 aromatic carbocycles. The van der Waals surface area contributed by atoms with Gasteiger partial charge in [0, 0.05) is 16.1 Å². The second-order valence-electron chi connectivity index (χ2n) is 4.48. The molecule has 0 atom stereocenters. The maximum Gasteiger partial charge on any atom is 0.217 e. The number of hydrogen-bond acceptors (Lipinski definition) is 3. The number of carbonyl (C=O) groups excluding carboxylic acids is 1. The molecule has 0 radical (unpaired) electrons. The number of rotatable bonds is 2. The van der Waals surface area contributed by atoms with Crippen molar-refractivity contribution in [2.75, 3.05) is 0 Å². The average Bonchev–Trinajstić information content (AvgIpc) is 2.58. The molecule has 1 heterocycles. The van der Waals surface area contributed by atoms with E-state index in [1.807, 2.05) is 13.1 Å². The Kier molecular flexibility index (Phi) is 2.48. The van der Waals surface area contributed by atoms with Crippen molar-refractivity contribution >= 4 is 30.3 Å². The fourth-order valence-corrected chi connectivity index (χ4v) is 2.92. The fraction of sp³-hybridized carbons (Fsp3) is 0.250. The molecule has 0 aliphatic heterocycles. The second-order valence-corrected chi connectivity index (χ2v) is 8.13. The highest BCUT2D eigenvalue weighted by Crippen LogP contribution is 2.18. The summed E-state index contributed by atoms with van der Waals surface area (Å²) >= 11 is 0. The molecule has 0 saturated carbocycles. The van der Waals surface area contributed by atoms with E-state index < -0.39 is 8.32 Å². The molecule has 0 fully saturated rings. The standard InChI is InChI=1S/C12H14O3Si/c1-8(13)9-4-5-11-10(6-9)12(7-15-11)16(2,3)14/h4-7,14H,1-3H3. The first-order chi connectivity index (χ1) is 7.39. The van der Waals surface area contributed by atoms with Crippen LogP contribution in [-0.2, 0) is 0 Å².